The highest BCUT2D eigenvalue weighted by molar-refractivity contribution is 9.08. The zero-order valence-corrected chi connectivity index (χ0v) is 7.19. The lowest BCUT2D eigenvalue weighted by Gasteiger charge is -1.82. The number of alkyl halides is 1. The summed E-state index contributed by atoms with van der Waals surface area (Å²) < 4.78 is 0. The molecule has 1 aliphatic rings. The van der Waals surface area contributed by atoms with Gasteiger partial charge in [0.1, 0.15) is 0 Å². The third-order valence-corrected chi connectivity index (χ3v) is 2.39. The Morgan fingerprint density at radius 1 is 1.70 bits per heavy atom. The Bertz CT molecular complexity index is 227. The lowest BCUT2D eigenvalue weighted by atomic mass is 10.3. The van der Waals surface area contributed by atoms with E-state index in [9.17, 15) is 0 Å². The van der Waals surface area contributed by atoms with E-state index in [0.717, 1.165) is 11.2 Å². The summed E-state index contributed by atoms with van der Waals surface area (Å²) in [5, 5.41) is 8.06. The normalized spacial score (nSPS) is 17.7. The quantitative estimate of drug-likeness (QED) is 0.730. The Labute approximate surface area is 68.2 Å². The van der Waals surface area contributed by atoms with Crippen molar-refractivity contribution in [3.05, 3.63) is 17.5 Å². The topological polar surface area (TPSA) is 28.7 Å². The van der Waals surface area contributed by atoms with Crippen molar-refractivity contribution < 1.29 is 0 Å². The maximum Gasteiger partial charge on any atom is 0.0656 e. The van der Waals surface area contributed by atoms with Gasteiger partial charge in [0.05, 0.1) is 5.69 Å². The molecule has 1 N–H and O–H groups in total. The van der Waals surface area contributed by atoms with Crippen LogP contribution in [0, 0.1) is 0 Å². The standard InChI is InChI=1S/C7H9BrN2/c8-4-6-3-7(10-9-6)5-1-2-5/h3,5H,1-2,4H2,(H,9,10). The average Bonchev–Trinajstić information content (AvgIpc) is 2.70. The molecule has 0 bridgehead atoms. The van der Waals surface area contributed by atoms with Crippen LogP contribution < -0.4 is 0 Å². The van der Waals surface area contributed by atoms with Gasteiger partial charge in [0.25, 0.3) is 0 Å². The van der Waals surface area contributed by atoms with Crippen LogP contribution in [0.3, 0.4) is 0 Å². The molecule has 1 aromatic heterocycles. The van der Waals surface area contributed by atoms with Gasteiger partial charge in [-0.3, -0.25) is 5.10 Å². The Morgan fingerprint density at radius 3 is 3.00 bits per heavy atom. The largest absolute Gasteiger partial charge is 0.281 e. The van der Waals surface area contributed by atoms with Crippen LogP contribution in [0.1, 0.15) is 30.1 Å². The molecule has 0 aliphatic heterocycles. The van der Waals surface area contributed by atoms with E-state index in [1.165, 1.54) is 24.2 Å². The fraction of sp³-hybridized carbons (Fsp3) is 0.571. The van der Waals surface area contributed by atoms with Gasteiger partial charge in [-0.05, 0) is 18.9 Å². The van der Waals surface area contributed by atoms with Gasteiger partial charge in [0.2, 0.25) is 0 Å². The first kappa shape index (κ1) is 6.40. The van der Waals surface area contributed by atoms with Gasteiger partial charge >= 0.3 is 0 Å². The monoisotopic (exact) mass is 200 g/mol. The molecule has 1 aliphatic carbocycles. The number of H-pyrrole nitrogens is 1. The first-order valence-electron chi connectivity index (χ1n) is 3.50. The number of hydrogen-bond donors (Lipinski definition) is 1. The van der Waals surface area contributed by atoms with E-state index in [4.69, 9.17) is 0 Å². The van der Waals surface area contributed by atoms with Crippen LogP contribution >= 0.6 is 15.9 Å². The number of aromatic amines is 1. The lowest BCUT2D eigenvalue weighted by molar-refractivity contribution is 0.952. The second-order valence-electron chi connectivity index (χ2n) is 2.73. The lowest BCUT2D eigenvalue weighted by Crippen LogP contribution is -1.76. The van der Waals surface area contributed by atoms with Crippen molar-refractivity contribution in [2.75, 3.05) is 0 Å². The molecule has 1 aromatic rings. The molecule has 0 unspecified atom stereocenters. The molecule has 3 heteroatoms. The second kappa shape index (κ2) is 2.38. The minimum absolute atomic E-state index is 0.768. The van der Waals surface area contributed by atoms with Gasteiger partial charge in [-0.1, -0.05) is 15.9 Å². The fourth-order valence-corrected chi connectivity index (χ4v) is 1.32. The fourth-order valence-electron chi connectivity index (χ4n) is 1.04. The van der Waals surface area contributed by atoms with E-state index in [1.807, 2.05) is 0 Å². The van der Waals surface area contributed by atoms with E-state index in [0.29, 0.717) is 0 Å². The van der Waals surface area contributed by atoms with Crippen molar-refractivity contribution in [3.63, 3.8) is 0 Å². The Balaban J connectivity index is 2.19. The van der Waals surface area contributed by atoms with Crippen molar-refractivity contribution in [1.82, 2.24) is 10.2 Å². The summed E-state index contributed by atoms with van der Waals surface area (Å²) in [6.07, 6.45) is 2.65. The van der Waals surface area contributed by atoms with Gasteiger partial charge in [0, 0.05) is 16.9 Å². The molecular weight excluding hydrogens is 192 g/mol. The van der Waals surface area contributed by atoms with E-state index in [-0.39, 0.29) is 0 Å². The highest BCUT2D eigenvalue weighted by Crippen LogP contribution is 2.39. The number of nitrogens with one attached hydrogen (secondary N) is 1. The first-order valence-corrected chi connectivity index (χ1v) is 4.62. The van der Waals surface area contributed by atoms with Crippen LogP contribution in [-0.2, 0) is 5.33 Å². The van der Waals surface area contributed by atoms with Crippen LogP contribution in [0.15, 0.2) is 6.07 Å². The maximum atomic E-state index is 4.19. The summed E-state index contributed by atoms with van der Waals surface area (Å²) in [6.45, 7) is 0. The molecule has 54 valence electrons. The van der Waals surface area contributed by atoms with Crippen LogP contribution in [0.25, 0.3) is 0 Å². The molecule has 0 radical (unpaired) electrons. The highest BCUT2D eigenvalue weighted by Gasteiger charge is 2.25. The third kappa shape index (κ3) is 1.10. The molecule has 0 spiro atoms. The van der Waals surface area contributed by atoms with Crippen LogP contribution in [0.2, 0.25) is 0 Å². The summed E-state index contributed by atoms with van der Waals surface area (Å²) in [6, 6.07) is 2.15. The third-order valence-electron chi connectivity index (χ3n) is 1.79. The van der Waals surface area contributed by atoms with Crippen molar-refractivity contribution >= 4 is 15.9 Å². The molecule has 10 heavy (non-hydrogen) atoms. The number of hydrogen-bond acceptors (Lipinski definition) is 1. The SMILES string of the molecule is BrCc1cc(C2CC2)n[nH]1. The minimum atomic E-state index is 0.768. The molecule has 0 saturated heterocycles. The summed E-state index contributed by atoms with van der Waals surface area (Å²) in [5.74, 6) is 0.768. The average molecular weight is 201 g/mol. The second-order valence-corrected chi connectivity index (χ2v) is 3.29. The predicted octanol–water partition coefficient (Wildman–Crippen LogP) is 2.18. The molecule has 0 atom stereocenters. The summed E-state index contributed by atoms with van der Waals surface area (Å²) in [7, 11) is 0. The molecule has 2 rings (SSSR count). The van der Waals surface area contributed by atoms with Crippen LogP contribution in [0.4, 0.5) is 0 Å². The van der Waals surface area contributed by atoms with Gasteiger partial charge in [-0.25, -0.2) is 0 Å². The van der Waals surface area contributed by atoms with E-state index in [1.54, 1.807) is 0 Å². The smallest absolute Gasteiger partial charge is 0.0656 e. The highest BCUT2D eigenvalue weighted by atomic mass is 79.9. The predicted molar refractivity (Wildman–Crippen MR) is 43.2 cm³/mol. The summed E-state index contributed by atoms with van der Waals surface area (Å²) >= 11 is 3.37. The van der Waals surface area contributed by atoms with Crippen molar-refractivity contribution in [1.29, 1.82) is 0 Å². The number of halogens is 1. The minimum Gasteiger partial charge on any atom is -0.281 e. The molecule has 0 aromatic carbocycles. The van der Waals surface area contributed by atoms with Crippen LogP contribution in [0.5, 0.6) is 0 Å². The van der Waals surface area contributed by atoms with Gasteiger partial charge in [0.15, 0.2) is 0 Å². The van der Waals surface area contributed by atoms with Gasteiger partial charge < -0.3 is 0 Å². The molecular formula is C7H9BrN2. The Kier molecular flexibility index (Phi) is 1.52. The molecule has 2 nitrogen and oxygen atoms in total. The van der Waals surface area contributed by atoms with E-state index >= 15 is 0 Å². The molecule has 1 saturated carbocycles. The Morgan fingerprint density at radius 2 is 2.50 bits per heavy atom. The maximum absolute atomic E-state index is 4.19. The number of aromatic nitrogens is 2. The summed E-state index contributed by atoms with van der Waals surface area (Å²) in [4.78, 5) is 0. The zero-order valence-electron chi connectivity index (χ0n) is 5.60. The number of rotatable bonds is 2. The van der Waals surface area contributed by atoms with E-state index < -0.39 is 0 Å². The van der Waals surface area contributed by atoms with Crippen molar-refractivity contribution in [3.8, 4) is 0 Å². The van der Waals surface area contributed by atoms with Crippen LogP contribution in [-0.4, -0.2) is 10.2 Å². The van der Waals surface area contributed by atoms with Crippen molar-refractivity contribution in [2.24, 2.45) is 0 Å². The van der Waals surface area contributed by atoms with E-state index in [2.05, 4.69) is 32.2 Å². The van der Waals surface area contributed by atoms with Gasteiger partial charge in [-0.2, -0.15) is 5.10 Å². The van der Waals surface area contributed by atoms with Crippen molar-refractivity contribution in [2.45, 2.75) is 24.1 Å². The number of nitrogens with zero attached hydrogens (tertiary/aromatic N) is 1. The molecule has 1 fully saturated rings. The summed E-state index contributed by atoms with van der Waals surface area (Å²) in [5.41, 5.74) is 2.43. The first-order chi connectivity index (χ1) is 4.90. The molecule has 0 amide bonds. The Hall–Kier alpha value is -0.310. The molecule has 1 heterocycles. The zero-order chi connectivity index (χ0) is 6.97. The van der Waals surface area contributed by atoms with Gasteiger partial charge in [-0.15, -0.1) is 0 Å².